The number of rotatable bonds is 6. The molecule has 100 valence electrons. The molecule has 0 aromatic heterocycles. The van der Waals surface area contributed by atoms with Crippen molar-refractivity contribution >= 4 is 17.5 Å². The minimum Gasteiger partial charge on any atom is -0.496 e. The number of hydrogen-bond acceptors (Lipinski definition) is 3. The Morgan fingerprint density at radius 2 is 2.00 bits per heavy atom. The number of hydrogen-bond donors (Lipinski definition) is 0. The van der Waals surface area contributed by atoms with E-state index < -0.39 is 0 Å². The first-order valence-electron chi connectivity index (χ1n) is 6.22. The number of methoxy groups -OCH3 is 1. The van der Waals surface area contributed by atoms with Crippen molar-refractivity contribution in [2.45, 2.75) is 27.7 Å². The summed E-state index contributed by atoms with van der Waals surface area (Å²) >= 11 is 1.69. The lowest BCUT2D eigenvalue weighted by molar-refractivity contribution is 0.101. The summed E-state index contributed by atoms with van der Waals surface area (Å²) in [7, 11) is 1.62. The molecule has 0 aliphatic carbocycles. The molecule has 0 N–H and O–H groups in total. The Hall–Kier alpha value is -0.960. The molecule has 0 saturated heterocycles. The smallest absolute Gasteiger partial charge is 0.176 e. The van der Waals surface area contributed by atoms with Crippen molar-refractivity contribution in [2.75, 3.05) is 18.6 Å². The third-order valence-corrected chi connectivity index (χ3v) is 4.00. The molecular weight excluding hydrogens is 244 g/mol. The van der Waals surface area contributed by atoms with E-state index in [1.165, 1.54) is 0 Å². The number of Topliss-reactive ketones (excluding diaryl/α,β-unsaturated/α-hetero) is 1. The predicted octanol–water partition coefficient (Wildman–Crippen LogP) is 3.88. The normalized spacial score (nSPS) is 10.8. The molecule has 0 heterocycles. The third-order valence-electron chi connectivity index (χ3n) is 2.63. The first-order valence-corrected chi connectivity index (χ1v) is 7.37. The molecule has 18 heavy (non-hydrogen) atoms. The van der Waals surface area contributed by atoms with Crippen molar-refractivity contribution in [3.05, 3.63) is 28.8 Å². The van der Waals surface area contributed by atoms with Gasteiger partial charge < -0.3 is 4.74 Å². The SMILES string of the molecule is COc1cc(C)cc(C)c1C(=O)CSCC(C)C. The number of ether oxygens (including phenoxy) is 1. The monoisotopic (exact) mass is 266 g/mol. The lowest BCUT2D eigenvalue weighted by Crippen LogP contribution is -2.09. The standard InChI is InChI=1S/C15H22O2S/c1-10(2)8-18-9-13(16)15-12(4)6-11(3)7-14(15)17-5/h6-7,10H,8-9H2,1-5H3. The highest BCUT2D eigenvalue weighted by molar-refractivity contribution is 7.99. The molecule has 0 saturated carbocycles. The molecule has 0 spiro atoms. The van der Waals surface area contributed by atoms with E-state index in [1.807, 2.05) is 26.0 Å². The van der Waals surface area contributed by atoms with Gasteiger partial charge in [0.1, 0.15) is 5.75 Å². The Bertz CT molecular complexity index is 425. The molecule has 1 aromatic carbocycles. The van der Waals surface area contributed by atoms with Gasteiger partial charge in [0.15, 0.2) is 5.78 Å². The van der Waals surface area contributed by atoms with Crippen LogP contribution in [0.1, 0.15) is 35.3 Å². The lowest BCUT2D eigenvalue weighted by Gasteiger charge is -2.12. The maximum Gasteiger partial charge on any atom is 0.176 e. The van der Waals surface area contributed by atoms with E-state index in [9.17, 15) is 4.79 Å². The molecule has 2 nitrogen and oxygen atoms in total. The Kier molecular flexibility index (Phi) is 5.73. The zero-order chi connectivity index (χ0) is 13.7. The molecular formula is C15H22O2S. The van der Waals surface area contributed by atoms with Gasteiger partial charge in [-0.15, -0.1) is 0 Å². The maximum absolute atomic E-state index is 12.2. The summed E-state index contributed by atoms with van der Waals surface area (Å²) < 4.78 is 5.33. The van der Waals surface area contributed by atoms with E-state index in [0.717, 1.165) is 22.4 Å². The molecule has 1 aromatic rings. The number of thioether (sulfide) groups is 1. The lowest BCUT2D eigenvalue weighted by atomic mass is 10.0. The predicted molar refractivity (Wildman–Crippen MR) is 79.0 cm³/mol. The van der Waals surface area contributed by atoms with Crippen LogP contribution in [0.2, 0.25) is 0 Å². The topological polar surface area (TPSA) is 26.3 Å². The minimum atomic E-state index is 0.162. The van der Waals surface area contributed by atoms with Crippen molar-refractivity contribution in [2.24, 2.45) is 5.92 Å². The number of carbonyl (C=O) groups excluding carboxylic acids is 1. The second-order valence-corrected chi connectivity index (χ2v) is 6.02. The molecule has 1 rings (SSSR count). The van der Waals surface area contributed by atoms with Gasteiger partial charge in [-0.25, -0.2) is 0 Å². The average molecular weight is 266 g/mol. The molecule has 0 radical (unpaired) electrons. The van der Waals surface area contributed by atoms with Crippen LogP contribution in [0.5, 0.6) is 5.75 Å². The summed E-state index contributed by atoms with van der Waals surface area (Å²) in [5, 5.41) is 0. The van der Waals surface area contributed by atoms with Crippen LogP contribution < -0.4 is 4.74 Å². The summed E-state index contributed by atoms with van der Waals surface area (Å²) in [5.41, 5.74) is 2.86. The van der Waals surface area contributed by atoms with Crippen LogP contribution in [0.15, 0.2) is 12.1 Å². The summed E-state index contributed by atoms with van der Waals surface area (Å²) in [6.07, 6.45) is 0. The van der Waals surface area contributed by atoms with Gasteiger partial charge in [-0.3, -0.25) is 4.79 Å². The van der Waals surface area contributed by atoms with E-state index in [2.05, 4.69) is 13.8 Å². The van der Waals surface area contributed by atoms with Crippen LogP contribution in [0.4, 0.5) is 0 Å². The highest BCUT2D eigenvalue weighted by atomic mass is 32.2. The van der Waals surface area contributed by atoms with Crippen LogP contribution in [-0.2, 0) is 0 Å². The van der Waals surface area contributed by atoms with E-state index in [0.29, 0.717) is 17.4 Å². The van der Waals surface area contributed by atoms with E-state index in [1.54, 1.807) is 18.9 Å². The molecule has 0 aliphatic rings. The quantitative estimate of drug-likeness (QED) is 0.731. The highest BCUT2D eigenvalue weighted by Gasteiger charge is 2.15. The Morgan fingerprint density at radius 3 is 2.56 bits per heavy atom. The first kappa shape index (κ1) is 15.1. The molecule has 0 bridgehead atoms. The van der Waals surface area contributed by atoms with E-state index in [-0.39, 0.29) is 5.78 Å². The van der Waals surface area contributed by atoms with Crippen molar-refractivity contribution in [3.8, 4) is 5.75 Å². The fourth-order valence-corrected chi connectivity index (χ4v) is 2.83. The van der Waals surface area contributed by atoms with Crippen molar-refractivity contribution in [1.82, 2.24) is 0 Å². The van der Waals surface area contributed by atoms with Crippen LogP contribution in [0.25, 0.3) is 0 Å². The molecule has 3 heteroatoms. The molecule has 0 atom stereocenters. The number of ketones is 1. The molecule has 0 aliphatic heterocycles. The minimum absolute atomic E-state index is 0.162. The second kappa shape index (κ2) is 6.83. The molecule has 0 unspecified atom stereocenters. The Balaban J connectivity index is 2.84. The number of benzene rings is 1. The zero-order valence-electron chi connectivity index (χ0n) is 11.9. The van der Waals surface area contributed by atoms with Crippen molar-refractivity contribution in [1.29, 1.82) is 0 Å². The summed E-state index contributed by atoms with van der Waals surface area (Å²) in [5.74, 6) is 3.01. The third kappa shape index (κ3) is 4.05. The van der Waals surface area contributed by atoms with Gasteiger partial charge in [0, 0.05) is 0 Å². The second-order valence-electron chi connectivity index (χ2n) is 4.99. The van der Waals surface area contributed by atoms with Crippen LogP contribution >= 0.6 is 11.8 Å². The first-order chi connectivity index (χ1) is 8.45. The van der Waals surface area contributed by atoms with Crippen LogP contribution in [0.3, 0.4) is 0 Å². The van der Waals surface area contributed by atoms with E-state index in [4.69, 9.17) is 4.74 Å². The van der Waals surface area contributed by atoms with Gasteiger partial charge in [0.2, 0.25) is 0 Å². The van der Waals surface area contributed by atoms with Crippen molar-refractivity contribution < 1.29 is 9.53 Å². The van der Waals surface area contributed by atoms with Gasteiger partial charge in [0.25, 0.3) is 0 Å². The van der Waals surface area contributed by atoms with Gasteiger partial charge in [-0.1, -0.05) is 19.9 Å². The van der Waals surface area contributed by atoms with Gasteiger partial charge in [-0.2, -0.15) is 11.8 Å². The Morgan fingerprint density at radius 1 is 1.33 bits per heavy atom. The fraction of sp³-hybridized carbons (Fsp3) is 0.533. The number of aryl methyl sites for hydroxylation is 2. The van der Waals surface area contributed by atoms with Crippen LogP contribution in [0, 0.1) is 19.8 Å². The summed E-state index contributed by atoms with van der Waals surface area (Å²) in [4.78, 5) is 12.2. The number of carbonyl (C=O) groups is 1. The van der Waals surface area contributed by atoms with Gasteiger partial charge >= 0.3 is 0 Å². The Labute approximate surface area is 114 Å². The fourth-order valence-electron chi connectivity index (χ4n) is 1.91. The van der Waals surface area contributed by atoms with Crippen molar-refractivity contribution in [3.63, 3.8) is 0 Å². The summed E-state index contributed by atoms with van der Waals surface area (Å²) in [6.45, 7) is 8.30. The largest absolute Gasteiger partial charge is 0.496 e. The average Bonchev–Trinajstić information content (AvgIpc) is 2.26. The summed E-state index contributed by atoms with van der Waals surface area (Å²) in [6, 6.07) is 3.95. The van der Waals surface area contributed by atoms with E-state index >= 15 is 0 Å². The van der Waals surface area contributed by atoms with Crippen LogP contribution in [-0.4, -0.2) is 24.4 Å². The molecule has 0 fully saturated rings. The highest BCUT2D eigenvalue weighted by Crippen LogP contribution is 2.26. The van der Waals surface area contributed by atoms with Gasteiger partial charge in [0.05, 0.1) is 18.4 Å². The maximum atomic E-state index is 12.2. The molecule has 0 amide bonds. The zero-order valence-corrected chi connectivity index (χ0v) is 12.7. The van der Waals surface area contributed by atoms with Gasteiger partial charge in [-0.05, 0) is 42.7 Å².